The monoisotopic (exact) mass is 308 g/mol. The molecular weight excluding hydrogens is 296 g/mol. The number of nitrogens with zero attached hydrogens (tertiary/aromatic N) is 2. The van der Waals surface area contributed by atoms with Gasteiger partial charge in [0.15, 0.2) is 0 Å². The fourth-order valence-electron chi connectivity index (χ4n) is 1.59. The Kier molecular flexibility index (Phi) is 4.59. The van der Waals surface area contributed by atoms with Crippen LogP contribution in [0.5, 0.6) is 0 Å². The number of aromatic nitrogens is 1. The van der Waals surface area contributed by atoms with Crippen LogP contribution >= 0.6 is 11.6 Å². The Bertz CT molecular complexity index is 651. The Morgan fingerprint density at radius 3 is 2.62 bits per heavy atom. The minimum Gasteiger partial charge on any atom is -0.460 e. The van der Waals surface area contributed by atoms with E-state index in [9.17, 15) is 9.59 Å². The maximum Gasteiger partial charge on any atom is 0.376 e. The van der Waals surface area contributed by atoms with E-state index in [4.69, 9.17) is 20.8 Å². The van der Waals surface area contributed by atoms with E-state index in [0.717, 1.165) is 0 Å². The zero-order chi connectivity index (χ0) is 15.4. The summed E-state index contributed by atoms with van der Waals surface area (Å²) in [5.41, 5.74) is 0.429. The Morgan fingerprint density at radius 2 is 2.00 bits per heavy atom. The molecule has 1 heterocycles. The minimum absolute atomic E-state index is 0.0120. The van der Waals surface area contributed by atoms with E-state index in [1.54, 1.807) is 31.2 Å². The molecule has 0 spiro atoms. The van der Waals surface area contributed by atoms with Crippen LogP contribution in [0.4, 0.5) is 6.01 Å². The quantitative estimate of drug-likeness (QED) is 0.812. The van der Waals surface area contributed by atoms with Crippen LogP contribution in [-0.4, -0.2) is 30.5 Å². The molecule has 0 saturated heterocycles. The van der Waals surface area contributed by atoms with Crippen LogP contribution in [0.15, 0.2) is 34.9 Å². The first-order valence-electron chi connectivity index (χ1n) is 6.19. The maximum atomic E-state index is 12.2. The van der Waals surface area contributed by atoms with Gasteiger partial charge >= 0.3 is 12.0 Å². The van der Waals surface area contributed by atoms with Crippen molar-refractivity contribution in [3.63, 3.8) is 0 Å². The summed E-state index contributed by atoms with van der Waals surface area (Å²) in [5.74, 6) is -1.00. The molecule has 0 radical (unpaired) electrons. The van der Waals surface area contributed by atoms with Crippen molar-refractivity contribution >= 4 is 29.5 Å². The fourth-order valence-corrected chi connectivity index (χ4v) is 1.72. The average molecular weight is 309 g/mol. The van der Waals surface area contributed by atoms with E-state index >= 15 is 0 Å². The molecule has 1 aromatic heterocycles. The first-order valence-corrected chi connectivity index (χ1v) is 6.57. The molecule has 0 bridgehead atoms. The Morgan fingerprint density at radius 1 is 1.33 bits per heavy atom. The zero-order valence-electron chi connectivity index (χ0n) is 11.5. The molecule has 1 amide bonds. The highest BCUT2D eigenvalue weighted by molar-refractivity contribution is 6.30. The molecule has 110 valence electrons. The van der Waals surface area contributed by atoms with Gasteiger partial charge in [-0.15, -0.1) is 0 Å². The van der Waals surface area contributed by atoms with Crippen molar-refractivity contribution in [2.45, 2.75) is 6.92 Å². The highest BCUT2D eigenvalue weighted by Gasteiger charge is 2.20. The number of carbonyl (C=O) groups is 2. The maximum absolute atomic E-state index is 12.2. The lowest BCUT2D eigenvalue weighted by Gasteiger charge is -2.12. The van der Waals surface area contributed by atoms with Crippen molar-refractivity contribution in [3.8, 4) is 0 Å². The summed E-state index contributed by atoms with van der Waals surface area (Å²) >= 11 is 5.77. The van der Waals surface area contributed by atoms with E-state index in [0.29, 0.717) is 10.6 Å². The van der Waals surface area contributed by atoms with Gasteiger partial charge in [0.1, 0.15) is 0 Å². The largest absolute Gasteiger partial charge is 0.460 e. The molecule has 1 aromatic carbocycles. The smallest absolute Gasteiger partial charge is 0.376 e. The minimum atomic E-state index is -0.622. The van der Waals surface area contributed by atoms with Gasteiger partial charge in [0.05, 0.1) is 12.8 Å². The molecule has 7 heteroatoms. The van der Waals surface area contributed by atoms with Gasteiger partial charge < -0.3 is 9.15 Å². The summed E-state index contributed by atoms with van der Waals surface area (Å²) in [7, 11) is 1.50. The van der Waals surface area contributed by atoms with Gasteiger partial charge in [0.2, 0.25) is 5.76 Å². The van der Waals surface area contributed by atoms with Gasteiger partial charge in [-0.25, -0.2) is 9.78 Å². The second-order valence-electron chi connectivity index (χ2n) is 4.10. The van der Waals surface area contributed by atoms with Crippen LogP contribution in [0.3, 0.4) is 0 Å². The summed E-state index contributed by atoms with van der Waals surface area (Å²) in [6.07, 6.45) is 1.22. The number of benzene rings is 1. The Labute approximate surface area is 126 Å². The van der Waals surface area contributed by atoms with Crippen LogP contribution in [-0.2, 0) is 4.74 Å². The molecule has 6 nitrogen and oxygen atoms in total. The van der Waals surface area contributed by atoms with E-state index in [-0.39, 0.29) is 24.3 Å². The number of anilines is 1. The standard InChI is InChI=1S/C14H13ClN2O4/c1-3-20-13(19)11-8-16-14(21-11)17(2)12(18)9-4-6-10(15)7-5-9/h4-8H,3H2,1-2H3. The molecule has 0 aliphatic rings. The summed E-state index contributed by atoms with van der Waals surface area (Å²) < 4.78 is 10.0. The number of esters is 1. The molecule has 0 saturated carbocycles. The third-order valence-corrected chi connectivity index (χ3v) is 2.90. The van der Waals surface area contributed by atoms with E-state index in [1.165, 1.54) is 18.1 Å². The van der Waals surface area contributed by atoms with Crippen molar-refractivity contribution in [3.05, 3.63) is 46.8 Å². The number of amides is 1. The SMILES string of the molecule is CCOC(=O)c1cnc(N(C)C(=O)c2ccc(Cl)cc2)o1. The lowest BCUT2D eigenvalue weighted by atomic mass is 10.2. The van der Waals surface area contributed by atoms with Gasteiger partial charge in [0, 0.05) is 17.6 Å². The van der Waals surface area contributed by atoms with E-state index < -0.39 is 5.97 Å². The number of hydrogen-bond acceptors (Lipinski definition) is 5. The third-order valence-electron chi connectivity index (χ3n) is 2.65. The summed E-state index contributed by atoms with van der Waals surface area (Å²) in [4.78, 5) is 28.8. The highest BCUT2D eigenvalue weighted by atomic mass is 35.5. The van der Waals surface area contributed by atoms with Gasteiger partial charge in [-0.1, -0.05) is 11.6 Å². The van der Waals surface area contributed by atoms with Crippen LogP contribution < -0.4 is 4.90 Å². The molecule has 2 aromatic rings. The fraction of sp³-hybridized carbons (Fsp3) is 0.214. The number of hydrogen-bond donors (Lipinski definition) is 0. The second-order valence-corrected chi connectivity index (χ2v) is 4.54. The Balaban J connectivity index is 2.16. The lowest BCUT2D eigenvalue weighted by molar-refractivity contribution is 0.0490. The number of carbonyl (C=O) groups excluding carboxylic acids is 2. The van der Waals surface area contributed by atoms with Crippen molar-refractivity contribution in [1.82, 2.24) is 4.98 Å². The molecular formula is C14H13ClN2O4. The zero-order valence-corrected chi connectivity index (χ0v) is 12.3. The van der Waals surface area contributed by atoms with Crippen molar-refractivity contribution in [1.29, 1.82) is 0 Å². The van der Waals surface area contributed by atoms with Gasteiger partial charge in [0.25, 0.3) is 5.91 Å². The van der Waals surface area contributed by atoms with Crippen molar-refractivity contribution in [2.75, 3.05) is 18.6 Å². The summed E-state index contributed by atoms with van der Waals surface area (Å²) in [6, 6.07) is 6.43. The summed E-state index contributed by atoms with van der Waals surface area (Å²) in [5, 5.41) is 0.537. The van der Waals surface area contributed by atoms with Crippen LogP contribution in [0.25, 0.3) is 0 Å². The normalized spacial score (nSPS) is 10.2. The second kappa shape index (κ2) is 6.41. The molecule has 0 unspecified atom stereocenters. The molecule has 0 atom stereocenters. The topological polar surface area (TPSA) is 72.6 Å². The molecule has 0 aliphatic heterocycles. The van der Waals surface area contributed by atoms with Gasteiger partial charge in [-0.05, 0) is 31.2 Å². The first-order chi connectivity index (χ1) is 10.0. The molecule has 0 aliphatic carbocycles. The lowest BCUT2D eigenvalue weighted by Crippen LogP contribution is -2.26. The summed E-state index contributed by atoms with van der Waals surface area (Å²) in [6.45, 7) is 1.92. The first kappa shape index (κ1) is 15.1. The van der Waals surface area contributed by atoms with E-state index in [1.807, 2.05) is 0 Å². The average Bonchev–Trinajstić information content (AvgIpc) is 2.96. The predicted molar refractivity (Wildman–Crippen MR) is 76.6 cm³/mol. The molecule has 0 N–H and O–H groups in total. The van der Waals surface area contributed by atoms with Gasteiger partial charge in [-0.3, -0.25) is 9.69 Å². The van der Waals surface area contributed by atoms with Crippen molar-refractivity contribution in [2.24, 2.45) is 0 Å². The predicted octanol–water partition coefficient (Wildman–Crippen LogP) is 2.78. The highest BCUT2D eigenvalue weighted by Crippen LogP contribution is 2.17. The number of rotatable bonds is 4. The number of halogens is 1. The Hall–Kier alpha value is -2.34. The number of ether oxygens (including phenoxy) is 1. The molecule has 21 heavy (non-hydrogen) atoms. The van der Waals surface area contributed by atoms with Crippen molar-refractivity contribution < 1.29 is 18.7 Å². The third kappa shape index (κ3) is 3.41. The van der Waals surface area contributed by atoms with E-state index in [2.05, 4.69) is 4.98 Å². The van der Waals surface area contributed by atoms with Gasteiger partial charge in [-0.2, -0.15) is 0 Å². The number of oxazole rings is 1. The van der Waals surface area contributed by atoms with Crippen LogP contribution in [0.1, 0.15) is 27.8 Å². The molecule has 0 fully saturated rings. The molecule has 2 rings (SSSR count). The van der Waals surface area contributed by atoms with Crippen LogP contribution in [0.2, 0.25) is 5.02 Å². The van der Waals surface area contributed by atoms with Crippen LogP contribution in [0, 0.1) is 0 Å².